The van der Waals surface area contributed by atoms with Gasteiger partial charge >= 0.3 is 11.9 Å². The highest BCUT2D eigenvalue weighted by Gasteiger charge is 2.13. The molecule has 0 bridgehead atoms. The lowest BCUT2D eigenvalue weighted by atomic mass is 10.1. The first-order valence-corrected chi connectivity index (χ1v) is 8.16. The molecule has 0 fully saturated rings. The number of rotatable bonds is 5. The molecule has 0 amide bonds. The number of hydrogen-bond donors (Lipinski definition) is 1. The number of ether oxygens (including phenoxy) is 2. The highest BCUT2D eigenvalue weighted by molar-refractivity contribution is 7.15. The Labute approximate surface area is 147 Å². The second-order valence-electron chi connectivity index (χ2n) is 4.99. The molecule has 0 radical (unpaired) electrons. The Kier molecular flexibility index (Phi) is 4.80. The SMILES string of the molecule is COC(=O)/C=C(/Nc1ccc(-c2cn3ccsc3n2)cc1)C(=O)OC. The Morgan fingerprint density at radius 3 is 2.60 bits per heavy atom. The van der Waals surface area contributed by atoms with Crippen molar-refractivity contribution in [3.05, 3.63) is 53.8 Å². The number of nitrogens with zero attached hydrogens (tertiary/aromatic N) is 2. The van der Waals surface area contributed by atoms with Gasteiger partial charge < -0.3 is 14.8 Å². The molecule has 2 heterocycles. The van der Waals surface area contributed by atoms with Crippen LogP contribution >= 0.6 is 11.3 Å². The fraction of sp³-hybridized carbons (Fsp3) is 0.118. The van der Waals surface area contributed by atoms with Crippen molar-refractivity contribution in [1.29, 1.82) is 0 Å². The maximum absolute atomic E-state index is 11.8. The molecule has 1 N–H and O–H groups in total. The van der Waals surface area contributed by atoms with Gasteiger partial charge in [0.2, 0.25) is 0 Å². The molecule has 7 nitrogen and oxygen atoms in total. The summed E-state index contributed by atoms with van der Waals surface area (Å²) in [5.41, 5.74) is 2.42. The minimum Gasteiger partial charge on any atom is -0.466 e. The lowest BCUT2D eigenvalue weighted by Crippen LogP contribution is -2.15. The van der Waals surface area contributed by atoms with Gasteiger partial charge in [-0.1, -0.05) is 12.1 Å². The van der Waals surface area contributed by atoms with Crippen molar-refractivity contribution in [3.8, 4) is 11.3 Å². The van der Waals surface area contributed by atoms with Gasteiger partial charge in [0.25, 0.3) is 0 Å². The minimum atomic E-state index is -0.663. The first-order chi connectivity index (χ1) is 12.1. The Bertz CT molecular complexity index is 912. The largest absolute Gasteiger partial charge is 0.466 e. The summed E-state index contributed by atoms with van der Waals surface area (Å²) in [6.45, 7) is 0. The molecule has 128 valence electrons. The second kappa shape index (κ2) is 7.18. The van der Waals surface area contributed by atoms with E-state index in [1.165, 1.54) is 14.2 Å². The van der Waals surface area contributed by atoms with Gasteiger partial charge in [0.15, 0.2) is 4.96 Å². The molecule has 0 aliphatic heterocycles. The summed E-state index contributed by atoms with van der Waals surface area (Å²) < 4.78 is 11.2. The van der Waals surface area contributed by atoms with E-state index in [0.29, 0.717) is 5.69 Å². The smallest absolute Gasteiger partial charge is 0.354 e. The number of carbonyl (C=O) groups is 2. The van der Waals surface area contributed by atoms with Crippen LogP contribution in [0.4, 0.5) is 5.69 Å². The van der Waals surface area contributed by atoms with Gasteiger partial charge in [-0.3, -0.25) is 4.40 Å². The number of carbonyl (C=O) groups excluding carboxylic acids is 2. The first-order valence-electron chi connectivity index (χ1n) is 7.28. The number of fused-ring (bicyclic) bond motifs is 1. The zero-order chi connectivity index (χ0) is 17.8. The first kappa shape index (κ1) is 16.7. The second-order valence-corrected chi connectivity index (χ2v) is 5.87. The summed E-state index contributed by atoms with van der Waals surface area (Å²) in [5, 5.41) is 4.83. The summed E-state index contributed by atoms with van der Waals surface area (Å²) >= 11 is 1.56. The molecule has 0 atom stereocenters. The Morgan fingerprint density at radius 1 is 1.20 bits per heavy atom. The zero-order valence-corrected chi connectivity index (χ0v) is 14.4. The molecule has 0 spiro atoms. The fourth-order valence-corrected chi connectivity index (χ4v) is 2.88. The summed E-state index contributed by atoms with van der Waals surface area (Å²) in [6, 6.07) is 7.33. The number of aromatic nitrogens is 2. The van der Waals surface area contributed by atoms with E-state index in [4.69, 9.17) is 0 Å². The average Bonchev–Trinajstić information content (AvgIpc) is 3.23. The predicted molar refractivity (Wildman–Crippen MR) is 94.2 cm³/mol. The number of imidazole rings is 1. The van der Waals surface area contributed by atoms with Crippen molar-refractivity contribution in [2.24, 2.45) is 0 Å². The molecule has 0 aliphatic rings. The van der Waals surface area contributed by atoms with E-state index in [-0.39, 0.29) is 5.70 Å². The van der Waals surface area contributed by atoms with Gasteiger partial charge in [0, 0.05) is 29.0 Å². The van der Waals surface area contributed by atoms with Gasteiger partial charge in [0.05, 0.1) is 26.0 Å². The van der Waals surface area contributed by atoms with E-state index < -0.39 is 11.9 Å². The molecule has 3 aromatic rings. The Morgan fingerprint density at radius 2 is 1.96 bits per heavy atom. The maximum atomic E-state index is 11.8. The third kappa shape index (κ3) is 3.69. The number of hydrogen-bond acceptors (Lipinski definition) is 7. The zero-order valence-electron chi connectivity index (χ0n) is 13.6. The van der Waals surface area contributed by atoms with E-state index in [9.17, 15) is 9.59 Å². The number of anilines is 1. The number of nitrogens with one attached hydrogen (secondary N) is 1. The molecule has 8 heteroatoms. The number of methoxy groups -OCH3 is 2. The van der Waals surface area contributed by atoms with Crippen LogP contribution in [0.1, 0.15) is 0 Å². The monoisotopic (exact) mass is 357 g/mol. The molecular formula is C17H15N3O4S. The summed E-state index contributed by atoms with van der Waals surface area (Å²) in [7, 11) is 2.47. The van der Waals surface area contributed by atoms with Crippen LogP contribution in [0.15, 0.2) is 53.8 Å². The van der Waals surface area contributed by atoms with E-state index >= 15 is 0 Å². The lowest BCUT2D eigenvalue weighted by molar-refractivity contribution is -0.138. The highest BCUT2D eigenvalue weighted by atomic mass is 32.1. The van der Waals surface area contributed by atoms with Crippen molar-refractivity contribution >= 4 is 33.9 Å². The third-order valence-corrected chi connectivity index (χ3v) is 4.19. The Balaban J connectivity index is 1.81. The van der Waals surface area contributed by atoms with E-state index in [1.54, 1.807) is 23.5 Å². The normalized spacial score (nSPS) is 11.4. The van der Waals surface area contributed by atoms with E-state index in [1.807, 2.05) is 34.3 Å². The van der Waals surface area contributed by atoms with Crippen LogP contribution in [0, 0.1) is 0 Å². The van der Waals surface area contributed by atoms with Crippen molar-refractivity contribution in [2.45, 2.75) is 0 Å². The summed E-state index contributed by atoms with van der Waals surface area (Å²) in [6.07, 6.45) is 4.95. The van der Waals surface area contributed by atoms with Gasteiger partial charge in [-0.25, -0.2) is 14.6 Å². The fourth-order valence-electron chi connectivity index (χ4n) is 2.18. The van der Waals surface area contributed by atoms with Gasteiger partial charge in [-0.15, -0.1) is 11.3 Å². The van der Waals surface area contributed by atoms with Crippen molar-refractivity contribution in [2.75, 3.05) is 19.5 Å². The topological polar surface area (TPSA) is 81.9 Å². The molecule has 25 heavy (non-hydrogen) atoms. The van der Waals surface area contributed by atoms with Crippen LogP contribution in [0.3, 0.4) is 0 Å². The van der Waals surface area contributed by atoms with Crippen LogP contribution in [0.2, 0.25) is 0 Å². The van der Waals surface area contributed by atoms with Crippen molar-refractivity contribution < 1.29 is 19.1 Å². The van der Waals surface area contributed by atoms with Gasteiger partial charge in [-0.2, -0.15) is 0 Å². The van der Waals surface area contributed by atoms with Crippen molar-refractivity contribution in [1.82, 2.24) is 9.38 Å². The molecule has 0 saturated heterocycles. The standard InChI is InChI=1S/C17H15N3O4S/c1-23-15(21)9-13(16(22)24-2)18-12-5-3-11(4-6-12)14-10-20-7-8-25-17(20)19-14/h3-10,18H,1-2H3/b13-9+. The number of thiazole rings is 1. The molecule has 0 saturated carbocycles. The quantitative estimate of drug-likeness (QED) is 0.558. The van der Waals surface area contributed by atoms with Gasteiger partial charge in [0.1, 0.15) is 5.70 Å². The molecule has 0 aliphatic carbocycles. The number of esters is 2. The average molecular weight is 357 g/mol. The van der Waals surface area contributed by atoms with Crippen LogP contribution in [-0.2, 0) is 19.1 Å². The van der Waals surface area contributed by atoms with Crippen LogP contribution < -0.4 is 5.32 Å². The molecule has 0 unspecified atom stereocenters. The van der Waals surface area contributed by atoms with Crippen LogP contribution in [-0.4, -0.2) is 35.5 Å². The molecule has 1 aromatic carbocycles. The highest BCUT2D eigenvalue weighted by Crippen LogP contribution is 2.23. The van der Waals surface area contributed by atoms with Gasteiger partial charge in [-0.05, 0) is 12.1 Å². The maximum Gasteiger partial charge on any atom is 0.354 e. The number of benzene rings is 1. The molecule has 3 rings (SSSR count). The summed E-state index contributed by atoms with van der Waals surface area (Å²) in [4.78, 5) is 28.6. The van der Waals surface area contributed by atoms with E-state index in [0.717, 1.165) is 22.3 Å². The predicted octanol–water partition coefficient (Wildman–Crippen LogP) is 2.70. The Hall–Kier alpha value is -3.13. The van der Waals surface area contributed by atoms with E-state index in [2.05, 4.69) is 19.8 Å². The lowest BCUT2D eigenvalue weighted by Gasteiger charge is -2.09. The third-order valence-electron chi connectivity index (χ3n) is 3.42. The summed E-state index contributed by atoms with van der Waals surface area (Å²) in [5.74, 6) is -1.31. The van der Waals surface area contributed by atoms with Crippen LogP contribution in [0.25, 0.3) is 16.2 Å². The van der Waals surface area contributed by atoms with Crippen molar-refractivity contribution in [3.63, 3.8) is 0 Å². The molecular weight excluding hydrogens is 342 g/mol. The van der Waals surface area contributed by atoms with Crippen LogP contribution in [0.5, 0.6) is 0 Å². The minimum absolute atomic E-state index is 0.00962. The molecule has 2 aromatic heterocycles.